The van der Waals surface area contributed by atoms with Crippen LogP contribution < -0.4 is 16.0 Å². The Kier molecular flexibility index (Phi) is 5.88. The average molecular weight is 404 g/mol. The van der Waals surface area contributed by atoms with Gasteiger partial charge in [0.15, 0.2) is 5.82 Å². The maximum absolute atomic E-state index is 13.7. The van der Waals surface area contributed by atoms with Crippen LogP contribution in [0.5, 0.6) is 0 Å². The molecule has 3 N–H and O–H groups in total. The highest BCUT2D eigenvalue weighted by Crippen LogP contribution is 2.34. The highest BCUT2D eigenvalue weighted by Gasteiger charge is 2.27. The molecule has 4 rings (SSSR count). The van der Waals surface area contributed by atoms with Crippen molar-refractivity contribution in [2.24, 2.45) is 0 Å². The molecule has 3 heterocycles. The van der Waals surface area contributed by atoms with Crippen molar-refractivity contribution < 1.29 is 4.39 Å². The van der Waals surface area contributed by atoms with Gasteiger partial charge < -0.3 is 16.0 Å². The van der Waals surface area contributed by atoms with E-state index in [1.165, 1.54) is 18.7 Å². The van der Waals surface area contributed by atoms with Gasteiger partial charge in [-0.3, -0.25) is 4.98 Å². The zero-order valence-corrected chi connectivity index (χ0v) is 16.8. The second-order valence-corrected chi connectivity index (χ2v) is 7.45. The molecule has 0 radical (unpaired) electrons. The van der Waals surface area contributed by atoms with Crippen molar-refractivity contribution in [2.75, 3.05) is 16.0 Å². The lowest BCUT2D eigenvalue weighted by atomic mass is 9.94. The second-order valence-electron chi connectivity index (χ2n) is 7.45. The summed E-state index contributed by atoms with van der Waals surface area (Å²) < 4.78 is 13.7. The number of hydrogen-bond acceptors (Lipinski definition) is 6. The number of aromatic nitrogens is 3. The summed E-state index contributed by atoms with van der Waals surface area (Å²) in [6.07, 6.45) is 10.1. The van der Waals surface area contributed by atoms with Crippen LogP contribution in [0.2, 0.25) is 0 Å². The van der Waals surface area contributed by atoms with Gasteiger partial charge in [0.1, 0.15) is 17.5 Å². The number of nitrogens with zero attached hydrogens (tertiary/aromatic N) is 4. The van der Waals surface area contributed by atoms with Gasteiger partial charge in [-0.1, -0.05) is 31.9 Å². The van der Waals surface area contributed by atoms with Crippen LogP contribution in [-0.2, 0) is 0 Å². The highest BCUT2D eigenvalue weighted by atomic mass is 19.1. The van der Waals surface area contributed by atoms with E-state index >= 15 is 0 Å². The maximum atomic E-state index is 13.7. The molecule has 3 aromatic rings. The highest BCUT2D eigenvalue weighted by molar-refractivity contribution is 5.72. The van der Waals surface area contributed by atoms with E-state index in [0.29, 0.717) is 34.4 Å². The largest absolute Gasteiger partial charge is 0.396 e. The van der Waals surface area contributed by atoms with Gasteiger partial charge in [0, 0.05) is 24.0 Å². The van der Waals surface area contributed by atoms with Crippen molar-refractivity contribution in [2.45, 2.75) is 38.1 Å². The lowest BCUT2D eigenvalue weighted by Crippen LogP contribution is -2.39. The summed E-state index contributed by atoms with van der Waals surface area (Å²) in [5, 5.41) is 3.29. The molecule has 7 heteroatoms. The van der Waals surface area contributed by atoms with Crippen LogP contribution in [0.3, 0.4) is 0 Å². The number of hydrogen-bond donors (Lipinski definition) is 2. The van der Waals surface area contributed by atoms with Crippen molar-refractivity contribution >= 4 is 17.3 Å². The number of rotatable bonds is 6. The van der Waals surface area contributed by atoms with Crippen LogP contribution in [0.1, 0.15) is 32.1 Å². The zero-order valence-electron chi connectivity index (χ0n) is 16.8. The van der Waals surface area contributed by atoms with E-state index in [-0.39, 0.29) is 6.04 Å². The molecule has 0 bridgehead atoms. The van der Waals surface area contributed by atoms with E-state index in [4.69, 9.17) is 10.7 Å². The summed E-state index contributed by atoms with van der Waals surface area (Å²) in [5.74, 6) is 1.57. The molecule has 1 aliphatic carbocycles. The minimum absolute atomic E-state index is 0.221. The van der Waals surface area contributed by atoms with Crippen LogP contribution in [-0.4, -0.2) is 21.0 Å². The van der Waals surface area contributed by atoms with E-state index in [2.05, 4.69) is 26.8 Å². The van der Waals surface area contributed by atoms with Gasteiger partial charge in [-0.25, -0.2) is 14.4 Å². The monoisotopic (exact) mass is 404 g/mol. The Bertz CT molecular complexity index is 1020. The molecule has 1 aliphatic rings. The molecule has 1 fully saturated rings. The minimum Gasteiger partial charge on any atom is -0.396 e. The van der Waals surface area contributed by atoms with Crippen molar-refractivity contribution in [3.63, 3.8) is 0 Å². The maximum Gasteiger partial charge on any atom is 0.158 e. The first kappa shape index (κ1) is 19.8. The zero-order chi connectivity index (χ0) is 20.9. The summed E-state index contributed by atoms with van der Waals surface area (Å²) in [4.78, 5) is 15.1. The first-order chi connectivity index (χ1) is 14.6. The van der Waals surface area contributed by atoms with E-state index in [1.54, 1.807) is 24.5 Å². The van der Waals surface area contributed by atoms with Crippen molar-refractivity contribution in [3.05, 3.63) is 73.2 Å². The predicted octanol–water partition coefficient (Wildman–Crippen LogP) is 4.98. The van der Waals surface area contributed by atoms with E-state index < -0.39 is 5.82 Å². The lowest BCUT2D eigenvalue weighted by molar-refractivity contribution is 0.428. The molecule has 0 aromatic carbocycles. The van der Waals surface area contributed by atoms with E-state index in [9.17, 15) is 4.39 Å². The number of pyridine rings is 3. The summed E-state index contributed by atoms with van der Waals surface area (Å²) in [7, 11) is 0. The van der Waals surface area contributed by atoms with Crippen LogP contribution in [0.4, 0.5) is 21.7 Å². The van der Waals surface area contributed by atoms with E-state index in [0.717, 1.165) is 25.7 Å². The first-order valence-electron chi connectivity index (χ1n) is 10.2. The third-order valence-electron chi connectivity index (χ3n) is 5.30. The van der Waals surface area contributed by atoms with Gasteiger partial charge in [0.25, 0.3) is 0 Å². The fraction of sp³-hybridized carbons (Fsp3) is 0.261. The van der Waals surface area contributed by atoms with Gasteiger partial charge in [0.05, 0.1) is 17.6 Å². The third-order valence-corrected chi connectivity index (χ3v) is 5.30. The Morgan fingerprint density at radius 3 is 2.70 bits per heavy atom. The van der Waals surface area contributed by atoms with Gasteiger partial charge >= 0.3 is 0 Å². The van der Waals surface area contributed by atoms with Crippen molar-refractivity contribution in [1.29, 1.82) is 0 Å². The summed E-state index contributed by atoms with van der Waals surface area (Å²) in [6.45, 7) is 4.27. The predicted molar refractivity (Wildman–Crippen MR) is 118 cm³/mol. The molecule has 0 saturated heterocycles. The molecule has 0 unspecified atom stereocenters. The van der Waals surface area contributed by atoms with Gasteiger partial charge in [-0.2, -0.15) is 0 Å². The topological polar surface area (TPSA) is 80.0 Å². The Morgan fingerprint density at radius 1 is 1.13 bits per heavy atom. The van der Waals surface area contributed by atoms with Crippen molar-refractivity contribution in [3.8, 4) is 11.3 Å². The molecule has 3 aromatic heterocycles. The molecule has 6 nitrogen and oxygen atoms in total. The molecular formula is C23H25FN6. The molecule has 0 amide bonds. The molecule has 154 valence electrons. The number of nitrogen functional groups attached to an aromatic ring is 1. The number of halogens is 1. The Labute approximate surface area is 175 Å². The Balaban J connectivity index is 1.72. The number of nitrogens with two attached hydrogens (primary N) is 1. The first-order valence-corrected chi connectivity index (χ1v) is 10.2. The van der Waals surface area contributed by atoms with Gasteiger partial charge in [-0.15, -0.1) is 0 Å². The molecular weight excluding hydrogens is 379 g/mol. The van der Waals surface area contributed by atoms with Crippen molar-refractivity contribution in [1.82, 2.24) is 15.0 Å². The smallest absolute Gasteiger partial charge is 0.158 e. The standard InChI is InChI=1S/C23H25FN6/c1-16(28-22-9-5-6-12-27-22)30(19-7-3-2-4-8-19)23-20(25)10-11-21(29-23)17-13-18(24)15-26-14-17/h5-6,9-15,19H,1-4,7-8,25H2,(H,27,28). The summed E-state index contributed by atoms with van der Waals surface area (Å²) in [6, 6.07) is 10.9. The minimum atomic E-state index is -0.405. The van der Waals surface area contributed by atoms with E-state index in [1.807, 2.05) is 18.2 Å². The van der Waals surface area contributed by atoms with Gasteiger partial charge in [-0.05, 0) is 43.2 Å². The van der Waals surface area contributed by atoms with Crippen LogP contribution in [0.25, 0.3) is 11.3 Å². The van der Waals surface area contributed by atoms with Crippen LogP contribution in [0.15, 0.2) is 67.4 Å². The summed E-state index contributed by atoms with van der Waals surface area (Å²) in [5.41, 5.74) is 8.11. The molecule has 0 spiro atoms. The van der Waals surface area contributed by atoms with Crippen LogP contribution >= 0.6 is 0 Å². The summed E-state index contributed by atoms with van der Waals surface area (Å²) >= 11 is 0. The molecule has 1 saturated carbocycles. The Morgan fingerprint density at radius 2 is 1.97 bits per heavy atom. The molecule has 30 heavy (non-hydrogen) atoms. The van der Waals surface area contributed by atoms with Gasteiger partial charge in [0.2, 0.25) is 0 Å². The molecule has 0 aliphatic heterocycles. The third kappa shape index (κ3) is 4.40. The molecule has 0 atom stereocenters. The normalized spacial score (nSPS) is 14.3. The lowest BCUT2D eigenvalue weighted by Gasteiger charge is -2.37. The number of anilines is 3. The van der Waals surface area contributed by atoms with Crippen LogP contribution in [0, 0.1) is 5.82 Å². The fourth-order valence-corrected chi connectivity index (χ4v) is 3.87. The fourth-order valence-electron chi connectivity index (χ4n) is 3.87. The average Bonchev–Trinajstić information content (AvgIpc) is 2.77. The number of nitrogens with one attached hydrogen (secondary N) is 1. The quantitative estimate of drug-likeness (QED) is 0.603. The Hall–Kier alpha value is -3.48. The SMILES string of the molecule is C=C(Nc1ccccn1)N(c1nc(-c2cncc(F)c2)ccc1N)C1CCCCC1. The second kappa shape index (κ2) is 8.90.